The second-order valence-electron chi connectivity index (χ2n) is 5.62. The van der Waals surface area contributed by atoms with Gasteiger partial charge in [0.15, 0.2) is 5.78 Å². The highest BCUT2D eigenvalue weighted by Gasteiger charge is 2.19. The number of hydrogen-bond acceptors (Lipinski definition) is 5. The van der Waals surface area contributed by atoms with Crippen molar-refractivity contribution in [2.75, 3.05) is 6.61 Å². The first-order chi connectivity index (χ1) is 12.4. The molecule has 0 spiro atoms. The van der Waals surface area contributed by atoms with E-state index in [-0.39, 0.29) is 12.2 Å². The maximum atomic E-state index is 12.9. The average molecular weight is 408 g/mol. The standard InChI is InChI=1S/C18H15Cl2N3O2S/c1-3-25-18(26)15-7-16-11(5-4-10(2)23(16)22-15)17(24)6-12-13(19)8-21-9-14(12)20/h4-5,7-9H,3,6H2,1-2H3. The minimum atomic E-state index is -0.126. The molecule has 0 saturated heterocycles. The fraction of sp³-hybridized carbons (Fsp3) is 0.222. The van der Waals surface area contributed by atoms with Crippen molar-refractivity contribution in [3.05, 3.63) is 63.2 Å². The summed E-state index contributed by atoms with van der Waals surface area (Å²) in [6.45, 7) is 4.21. The SMILES string of the molecule is CCOC(=S)c1cc2c(C(=O)Cc3c(Cl)cncc3Cl)ccc(C)n2n1. The largest absolute Gasteiger partial charge is 0.482 e. The van der Waals surface area contributed by atoms with E-state index in [4.69, 9.17) is 40.2 Å². The number of rotatable bonds is 5. The van der Waals surface area contributed by atoms with E-state index >= 15 is 0 Å². The summed E-state index contributed by atoms with van der Waals surface area (Å²) in [6, 6.07) is 5.36. The van der Waals surface area contributed by atoms with E-state index in [2.05, 4.69) is 10.1 Å². The molecule has 134 valence electrons. The summed E-state index contributed by atoms with van der Waals surface area (Å²) in [5, 5.41) is 5.48. The molecule has 0 saturated carbocycles. The Balaban J connectivity index is 2.03. The number of halogens is 2. The molecule has 3 aromatic heterocycles. The van der Waals surface area contributed by atoms with Crippen LogP contribution >= 0.6 is 35.4 Å². The van der Waals surface area contributed by atoms with Crippen LogP contribution in [0.4, 0.5) is 0 Å². The Bertz CT molecular complexity index is 997. The van der Waals surface area contributed by atoms with Gasteiger partial charge in [-0.2, -0.15) is 5.10 Å². The van der Waals surface area contributed by atoms with Gasteiger partial charge in [0.25, 0.3) is 0 Å². The predicted molar refractivity (Wildman–Crippen MR) is 106 cm³/mol. The van der Waals surface area contributed by atoms with E-state index in [9.17, 15) is 4.79 Å². The van der Waals surface area contributed by atoms with Crippen molar-refractivity contribution < 1.29 is 9.53 Å². The van der Waals surface area contributed by atoms with Gasteiger partial charge in [0, 0.05) is 35.6 Å². The number of pyridine rings is 2. The van der Waals surface area contributed by atoms with Crippen LogP contribution in [-0.2, 0) is 11.2 Å². The lowest BCUT2D eigenvalue weighted by Crippen LogP contribution is -2.08. The highest BCUT2D eigenvalue weighted by Crippen LogP contribution is 2.26. The molecule has 0 aliphatic heterocycles. The average Bonchev–Trinajstić information content (AvgIpc) is 3.05. The molecule has 0 N–H and O–H groups in total. The molecule has 3 heterocycles. The number of carbonyl (C=O) groups is 1. The molecule has 3 aromatic rings. The third-order valence-corrected chi connectivity index (χ3v) is 4.86. The molecule has 8 heteroatoms. The van der Waals surface area contributed by atoms with Gasteiger partial charge in [-0.05, 0) is 44.3 Å². The lowest BCUT2D eigenvalue weighted by Gasteiger charge is -2.08. The molecule has 3 rings (SSSR count). The third-order valence-electron chi connectivity index (χ3n) is 3.89. The van der Waals surface area contributed by atoms with Crippen LogP contribution in [0.5, 0.6) is 0 Å². The van der Waals surface area contributed by atoms with Crippen LogP contribution in [-0.4, -0.2) is 32.0 Å². The molecule has 5 nitrogen and oxygen atoms in total. The van der Waals surface area contributed by atoms with Crippen molar-refractivity contribution in [1.82, 2.24) is 14.6 Å². The Morgan fingerprint density at radius 3 is 2.62 bits per heavy atom. The van der Waals surface area contributed by atoms with Crippen LogP contribution in [0.15, 0.2) is 30.6 Å². The number of thiocarbonyl (C=S) groups is 1. The van der Waals surface area contributed by atoms with E-state index in [0.29, 0.717) is 44.0 Å². The summed E-state index contributed by atoms with van der Waals surface area (Å²) < 4.78 is 7.04. The fourth-order valence-electron chi connectivity index (χ4n) is 2.61. The van der Waals surface area contributed by atoms with E-state index in [0.717, 1.165) is 5.69 Å². The van der Waals surface area contributed by atoms with Gasteiger partial charge in [-0.1, -0.05) is 23.2 Å². The molecule has 0 aliphatic rings. The van der Waals surface area contributed by atoms with Crippen molar-refractivity contribution in [3.8, 4) is 0 Å². The maximum absolute atomic E-state index is 12.9. The van der Waals surface area contributed by atoms with Crippen LogP contribution in [0.25, 0.3) is 5.52 Å². The van der Waals surface area contributed by atoms with Gasteiger partial charge >= 0.3 is 0 Å². The van der Waals surface area contributed by atoms with E-state index < -0.39 is 0 Å². The number of aryl methyl sites for hydroxylation is 1. The van der Waals surface area contributed by atoms with Gasteiger partial charge < -0.3 is 4.74 Å². The minimum Gasteiger partial charge on any atom is -0.482 e. The second-order valence-corrected chi connectivity index (χ2v) is 6.80. The van der Waals surface area contributed by atoms with Crippen LogP contribution < -0.4 is 0 Å². The molecule has 0 atom stereocenters. The van der Waals surface area contributed by atoms with Gasteiger partial charge in [-0.25, -0.2) is 4.52 Å². The predicted octanol–water partition coefficient (Wildman–Crippen LogP) is 4.48. The summed E-state index contributed by atoms with van der Waals surface area (Å²) in [5.74, 6) is -0.126. The van der Waals surface area contributed by atoms with Crippen molar-refractivity contribution in [3.63, 3.8) is 0 Å². The summed E-state index contributed by atoms with van der Waals surface area (Å²) >= 11 is 17.5. The molecule has 0 bridgehead atoms. The number of fused-ring (bicyclic) bond motifs is 1. The Morgan fingerprint density at radius 1 is 1.27 bits per heavy atom. The molecule has 0 fully saturated rings. The first-order valence-electron chi connectivity index (χ1n) is 7.90. The summed E-state index contributed by atoms with van der Waals surface area (Å²) in [5.41, 5.74) is 3.12. The van der Waals surface area contributed by atoms with Crippen LogP contribution in [0, 0.1) is 6.92 Å². The maximum Gasteiger partial charge on any atom is 0.212 e. The number of carbonyl (C=O) groups excluding carboxylic acids is 1. The zero-order valence-corrected chi connectivity index (χ0v) is 16.5. The number of aromatic nitrogens is 3. The first-order valence-corrected chi connectivity index (χ1v) is 9.06. The molecule has 0 aliphatic carbocycles. The van der Waals surface area contributed by atoms with Crippen molar-refractivity contribution in [1.29, 1.82) is 0 Å². The molecular formula is C18H15Cl2N3O2S. The fourth-order valence-corrected chi connectivity index (χ4v) is 3.32. The first kappa shape index (κ1) is 18.8. The van der Waals surface area contributed by atoms with Crippen molar-refractivity contribution >= 4 is 51.8 Å². The van der Waals surface area contributed by atoms with Crippen LogP contribution in [0.1, 0.15) is 34.2 Å². The van der Waals surface area contributed by atoms with Gasteiger partial charge in [-0.3, -0.25) is 9.78 Å². The van der Waals surface area contributed by atoms with Crippen LogP contribution in [0.3, 0.4) is 0 Å². The van der Waals surface area contributed by atoms with Gasteiger partial charge in [0.2, 0.25) is 5.05 Å². The number of ether oxygens (including phenoxy) is 1. The zero-order chi connectivity index (χ0) is 18.8. The summed E-state index contributed by atoms with van der Waals surface area (Å²) in [7, 11) is 0. The number of nitrogens with zero attached hydrogens (tertiary/aromatic N) is 3. The summed E-state index contributed by atoms with van der Waals surface area (Å²) in [4.78, 5) is 16.8. The third kappa shape index (κ3) is 3.58. The minimum absolute atomic E-state index is 0.0648. The molecular weight excluding hydrogens is 393 g/mol. The lowest BCUT2D eigenvalue weighted by atomic mass is 10.0. The van der Waals surface area contributed by atoms with Crippen molar-refractivity contribution in [2.24, 2.45) is 0 Å². The molecule has 0 aromatic carbocycles. The molecule has 0 unspecified atom stereocenters. The summed E-state index contributed by atoms with van der Waals surface area (Å²) in [6.07, 6.45) is 3.01. The highest BCUT2D eigenvalue weighted by molar-refractivity contribution is 7.80. The number of hydrogen-bond donors (Lipinski definition) is 0. The molecule has 0 amide bonds. The Hall–Kier alpha value is -2.02. The normalized spacial score (nSPS) is 10.9. The number of ketones is 1. The number of Topliss-reactive ketones (excluding diaryl/α,β-unsaturated/α-hetero) is 1. The smallest absolute Gasteiger partial charge is 0.212 e. The highest BCUT2D eigenvalue weighted by atomic mass is 35.5. The Labute approximate surface area is 165 Å². The van der Waals surface area contributed by atoms with E-state index in [1.807, 2.05) is 19.9 Å². The second kappa shape index (κ2) is 7.70. The Kier molecular flexibility index (Phi) is 5.55. The van der Waals surface area contributed by atoms with Gasteiger partial charge in [-0.15, -0.1) is 0 Å². The quantitative estimate of drug-likeness (QED) is 0.460. The zero-order valence-electron chi connectivity index (χ0n) is 14.1. The lowest BCUT2D eigenvalue weighted by molar-refractivity contribution is 0.0994. The van der Waals surface area contributed by atoms with Crippen LogP contribution in [0.2, 0.25) is 10.0 Å². The van der Waals surface area contributed by atoms with Crippen molar-refractivity contribution in [2.45, 2.75) is 20.3 Å². The topological polar surface area (TPSA) is 56.5 Å². The van der Waals surface area contributed by atoms with Gasteiger partial charge in [0.1, 0.15) is 5.69 Å². The van der Waals surface area contributed by atoms with E-state index in [1.54, 1.807) is 16.6 Å². The van der Waals surface area contributed by atoms with Gasteiger partial charge in [0.05, 0.1) is 22.2 Å². The molecule has 26 heavy (non-hydrogen) atoms. The Morgan fingerprint density at radius 2 is 1.96 bits per heavy atom. The monoisotopic (exact) mass is 407 g/mol. The molecule has 0 radical (unpaired) electrons. The van der Waals surface area contributed by atoms with E-state index in [1.165, 1.54) is 12.4 Å².